The molecule has 10 heteroatoms. The number of nitriles is 1. The van der Waals surface area contributed by atoms with Crippen LogP contribution in [0.1, 0.15) is 44.2 Å². The molecule has 182 valence electrons. The van der Waals surface area contributed by atoms with E-state index in [2.05, 4.69) is 10.8 Å². The summed E-state index contributed by atoms with van der Waals surface area (Å²) in [5.74, 6) is 0.866. The van der Waals surface area contributed by atoms with Crippen molar-refractivity contribution in [3.05, 3.63) is 52.3 Å². The zero-order valence-corrected chi connectivity index (χ0v) is 21.1. The standard InChI is InChI=1S/C24H28Cl2N4O3S/c25-20-8-3-9-21(26)23(20)34(32,33)28-22(11-14-29-12-4-7-19(29)15-27)24(31)30-13-10-17-5-1-2-6-18(17)16-30/h3-4,7-9,12,17-18,22,28H,1-2,5-6,10-11,13-14,16H2. The third kappa shape index (κ3) is 5.44. The molecule has 3 unspecified atom stereocenters. The van der Waals surface area contributed by atoms with Crippen LogP contribution in [0.5, 0.6) is 0 Å². The van der Waals surface area contributed by atoms with Gasteiger partial charge in [-0.3, -0.25) is 4.79 Å². The summed E-state index contributed by atoms with van der Waals surface area (Å²) in [6.45, 7) is 1.59. The molecule has 0 spiro atoms. The summed E-state index contributed by atoms with van der Waals surface area (Å²) in [6, 6.07) is 8.99. The van der Waals surface area contributed by atoms with Crippen LogP contribution in [-0.4, -0.2) is 42.9 Å². The van der Waals surface area contributed by atoms with E-state index < -0.39 is 16.1 Å². The third-order valence-corrected chi connectivity index (χ3v) is 9.41. The van der Waals surface area contributed by atoms with Crippen molar-refractivity contribution >= 4 is 39.1 Å². The van der Waals surface area contributed by atoms with Gasteiger partial charge < -0.3 is 9.47 Å². The smallest absolute Gasteiger partial charge is 0.244 e. The van der Waals surface area contributed by atoms with Gasteiger partial charge in [0.25, 0.3) is 0 Å². The fourth-order valence-corrected chi connectivity index (χ4v) is 7.59. The largest absolute Gasteiger partial charge is 0.341 e. The average Bonchev–Trinajstić information content (AvgIpc) is 3.28. The molecule has 3 atom stereocenters. The van der Waals surface area contributed by atoms with Crippen LogP contribution in [0, 0.1) is 23.2 Å². The van der Waals surface area contributed by atoms with Crippen molar-refractivity contribution in [1.29, 1.82) is 5.26 Å². The number of hydrogen-bond donors (Lipinski definition) is 1. The SMILES string of the molecule is N#Cc1cccn1CCC(NS(=O)(=O)c1c(Cl)cccc1Cl)C(=O)N1CCC2CCCCC2C1. The number of aromatic nitrogens is 1. The van der Waals surface area contributed by atoms with Gasteiger partial charge in [-0.15, -0.1) is 0 Å². The van der Waals surface area contributed by atoms with E-state index in [9.17, 15) is 18.5 Å². The monoisotopic (exact) mass is 522 g/mol. The fourth-order valence-electron chi connectivity index (χ4n) is 5.22. The summed E-state index contributed by atoms with van der Waals surface area (Å²) in [6.07, 6.45) is 7.61. The highest BCUT2D eigenvalue weighted by Crippen LogP contribution is 2.36. The summed E-state index contributed by atoms with van der Waals surface area (Å²) >= 11 is 12.3. The number of amides is 1. The summed E-state index contributed by atoms with van der Waals surface area (Å²) < 4.78 is 30.8. The third-order valence-electron chi connectivity index (χ3n) is 6.99. The summed E-state index contributed by atoms with van der Waals surface area (Å²) in [5.41, 5.74) is 0.450. The van der Waals surface area contributed by atoms with Gasteiger partial charge in [-0.05, 0) is 55.4 Å². The Kier molecular flexibility index (Phi) is 7.88. The maximum atomic E-state index is 13.6. The van der Waals surface area contributed by atoms with Crippen LogP contribution in [0.25, 0.3) is 0 Å². The van der Waals surface area contributed by atoms with E-state index in [0.29, 0.717) is 37.2 Å². The lowest BCUT2D eigenvalue weighted by atomic mass is 9.75. The Hall–Kier alpha value is -2.05. The number of fused-ring (bicyclic) bond motifs is 1. The van der Waals surface area contributed by atoms with E-state index in [0.717, 1.165) is 12.8 Å². The first-order valence-corrected chi connectivity index (χ1v) is 13.8. The molecule has 2 aliphatic rings. The van der Waals surface area contributed by atoms with Crippen LogP contribution in [0.3, 0.4) is 0 Å². The molecule has 2 fully saturated rings. The number of nitrogens with zero attached hydrogens (tertiary/aromatic N) is 3. The number of aryl methyl sites for hydroxylation is 1. The number of carbonyl (C=O) groups is 1. The number of sulfonamides is 1. The first-order valence-electron chi connectivity index (χ1n) is 11.6. The van der Waals surface area contributed by atoms with Crippen LogP contribution in [0.15, 0.2) is 41.4 Å². The minimum Gasteiger partial charge on any atom is -0.341 e. The zero-order valence-electron chi connectivity index (χ0n) is 18.8. The Morgan fingerprint density at radius 3 is 2.53 bits per heavy atom. The van der Waals surface area contributed by atoms with Crippen LogP contribution < -0.4 is 4.72 Å². The first kappa shape index (κ1) is 25.1. The van der Waals surface area contributed by atoms with Crippen molar-refractivity contribution < 1.29 is 13.2 Å². The molecule has 1 aliphatic heterocycles. The lowest BCUT2D eigenvalue weighted by Crippen LogP contribution is -2.53. The number of piperidine rings is 1. The van der Waals surface area contributed by atoms with Gasteiger partial charge in [0.15, 0.2) is 0 Å². The molecule has 1 aliphatic carbocycles. The predicted octanol–water partition coefficient (Wildman–Crippen LogP) is 4.44. The minimum atomic E-state index is -4.17. The summed E-state index contributed by atoms with van der Waals surface area (Å²) in [5, 5.41) is 9.29. The summed E-state index contributed by atoms with van der Waals surface area (Å²) in [7, 11) is -4.17. The topological polar surface area (TPSA) is 95.2 Å². The van der Waals surface area contributed by atoms with Gasteiger partial charge >= 0.3 is 0 Å². The Balaban J connectivity index is 1.57. The highest BCUT2D eigenvalue weighted by Gasteiger charge is 2.37. The van der Waals surface area contributed by atoms with Gasteiger partial charge in [-0.2, -0.15) is 9.98 Å². The van der Waals surface area contributed by atoms with E-state index in [1.165, 1.54) is 31.4 Å². The van der Waals surface area contributed by atoms with Gasteiger partial charge in [-0.1, -0.05) is 48.5 Å². The van der Waals surface area contributed by atoms with Crippen molar-refractivity contribution in [1.82, 2.24) is 14.2 Å². The van der Waals surface area contributed by atoms with Gasteiger partial charge in [-0.25, -0.2) is 8.42 Å². The molecule has 0 radical (unpaired) electrons. The molecule has 1 amide bonds. The minimum absolute atomic E-state index is 0.00797. The quantitative estimate of drug-likeness (QED) is 0.581. The lowest BCUT2D eigenvalue weighted by molar-refractivity contribution is -0.136. The molecular formula is C24H28Cl2N4O3S. The maximum Gasteiger partial charge on any atom is 0.244 e. The van der Waals surface area contributed by atoms with Crippen molar-refractivity contribution in [3.8, 4) is 6.07 Å². The number of halogens is 2. The summed E-state index contributed by atoms with van der Waals surface area (Å²) in [4.78, 5) is 15.2. The van der Waals surface area contributed by atoms with Gasteiger partial charge in [0.2, 0.25) is 15.9 Å². The lowest BCUT2D eigenvalue weighted by Gasteiger charge is -2.42. The van der Waals surface area contributed by atoms with Gasteiger partial charge in [0, 0.05) is 25.8 Å². The van der Waals surface area contributed by atoms with Crippen molar-refractivity contribution in [2.24, 2.45) is 11.8 Å². The maximum absolute atomic E-state index is 13.6. The Morgan fingerprint density at radius 2 is 1.82 bits per heavy atom. The molecule has 1 N–H and O–H groups in total. The first-order chi connectivity index (χ1) is 16.3. The molecule has 1 saturated heterocycles. The molecule has 2 aromatic rings. The van der Waals surface area contributed by atoms with Crippen molar-refractivity contribution in [2.75, 3.05) is 13.1 Å². The number of nitrogens with one attached hydrogen (secondary N) is 1. The van der Waals surface area contributed by atoms with E-state index in [4.69, 9.17) is 23.2 Å². The Morgan fingerprint density at radius 1 is 1.12 bits per heavy atom. The Bertz CT molecular complexity index is 1170. The predicted molar refractivity (Wildman–Crippen MR) is 131 cm³/mol. The van der Waals surface area contributed by atoms with E-state index >= 15 is 0 Å². The molecular weight excluding hydrogens is 495 g/mol. The molecule has 34 heavy (non-hydrogen) atoms. The Labute approximate surface area is 210 Å². The fraction of sp³-hybridized carbons (Fsp3) is 0.500. The second kappa shape index (κ2) is 10.7. The van der Waals surface area contributed by atoms with Crippen LogP contribution in [-0.2, 0) is 21.4 Å². The molecule has 1 saturated carbocycles. The van der Waals surface area contributed by atoms with Gasteiger partial charge in [0.05, 0.1) is 10.0 Å². The van der Waals surface area contributed by atoms with Crippen LogP contribution >= 0.6 is 23.2 Å². The number of carbonyl (C=O) groups excluding carboxylic acids is 1. The second-order valence-corrected chi connectivity index (χ2v) is 11.6. The number of rotatable bonds is 7. The average molecular weight is 523 g/mol. The van der Waals surface area contributed by atoms with Crippen molar-refractivity contribution in [3.63, 3.8) is 0 Å². The van der Waals surface area contributed by atoms with Crippen LogP contribution in [0.2, 0.25) is 10.0 Å². The molecule has 0 bridgehead atoms. The number of benzene rings is 1. The highest BCUT2D eigenvalue weighted by atomic mass is 35.5. The molecule has 1 aromatic carbocycles. The van der Waals surface area contributed by atoms with Crippen LogP contribution in [0.4, 0.5) is 0 Å². The van der Waals surface area contributed by atoms with Crippen molar-refractivity contribution in [2.45, 2.75) is 56.0 Å². The normalized spacial score (nSPS) is 21.5. The van der Waals surface area contributed by atoms with E-state index in [1.807, 2.05) is 0 Å². The molecule has 4 rings (SSSR count). The number of hydrogen-bond acceptors (Lipinski definition) is 4. The zero-order chi connectivity index (χ0) is 24.3. The highest BCUT2D eigenvalue weighted by molar-refractivity contribution is 7.89. The molecule has 1 aromatic heterocycles. The van der Waals surface area contributed by atoms with E-state index in [-0.39, 0.29) is 27.3 Å². The second-order valence-electron chi connectivity index (χ2n) is 9.09. The molecule has 2 heterocycles. The molecule has 7 nitrogen and oxygen atoms in total. The number of likely N-dealkylation sites (tertiary alicyclic amines) is 1. The van der Waals surface area contributed by atoms with E-state index in [1.54, 1.807) is 33.9 Å². The van der Waals surface area contributed by atoms with Gasteiger partial charge in [0.1, 0.15) is 22.7 Å².